The van der Waals surface area contributed by atoms with Gasteiger partial charge in [0, 0.05) is 29.5 Å². The third kappa shape index (κ3) is 5.43. The molecule has 9 nitrogen and oxygen atoms in total. The molecule has 0 aliphatic rings. The van der Waals surface area contributed by atoms with Crippen LogP contribution >= 0.6 is 11.3 Å². The largest absolute Gasteiger partial charge is 0.495 e. The Balaban J connectivity index is 1.43. The van der Waals surface area contributed by atoms with Crippen LogP contribution in [0.5, 0.6) is 5.75 Å². The number of carbonyl (C=O) groups is 1. The maximum absolute atomic E-state index is 12.9. The summed E-state index contributed by atoms with van der Waals surface area (Å²) in [5.41, 5.74) is 2.30. The predicted octanol–water partition coefficient (Wildman–Crippen LogP) is 4.49. The summed E-state index contributed by atoms with van der Waals surface area (Å²) >= 11 is 1.53. The number of methoxy groups -OCH3 is 1. The Bertz CT molecular complexity index is 1400. The number of nitrogens with zero attached hydrogens (tertiary/aromatic N) is 2. The molecular formula is C23H22N4O5S2. The number of rotatable bonds is 9. The number of amides is 1. The van der Waals surface area contributed by atoms with Gasteiger partial charge in [-0.15, -0.1) is 0 Å². The Morgan fingerprint density at radius 1 is 1.15 bits per heavy atom. The van der Waals surface area contributed by atoms with Crippen molar-refractivity contribution < 1.29 is 22.5 Å². The second kappa shape index (κ2) is 10.1. The van der Waals surface area contributed by atoms with E-state index < -0.39 is 10.0 Å². The third-order valence-corrected chi connectivity index (χ3v) is 7.00. The van der Waals surface area contributed by atoms with Gasteiger partial charge in [-0.3, -0.25) is 9.52 Å². The van der Waals surface area contributed by atoms with Crippen LogP contribution in [0.3, 0.4) is 0 Å². The van der Waals surface area contributed by atoms with Crippen LogP contribution in [0, 0.1) is 6.92 Å². The Kier molecular flexibility index (Phi) is 6.94. The van der Waals surface area contributed by atoms with Crippen LogP contribution in [0.2, 0.25) is 0 Å². The van der Waals surface area contributed by atoms with Gasteiger partial charge in [0.1, 0.15) is 5.75 Å². The summed E-state index contributed by atoms with van der Waals surface area (Å²) in [6, 6.07) is 13.1. The fourth-order valence-corrected chi connectivity index (χ4v) is 4.86. The van der Waals surface area contributed by atoms with E-state index in [2.05, 4.69) is 20.2 Å². The summed E-state index contributed by atoms with van der Waals surface area (Å²) in [4.78, 5) is 16.8. The van der Waals surface area contributed by atoms with Gasteiger partial charge >= 0.3 is 0 Å². The number of hydrogen-bond donors (Lipinski definition) is 2. The molecule has 0 bridgehead atoms. The summed E-state index contributed by atoms with van der Waals surface area (Å²) < 4.78 is 38.8. The van der Waals surface area contributed by atoms with Gasteiger partial charge in [-0.1, -0.05) is 23.4 Å². The van der Waals surface area contributed by atoms with Crippen LogP contribution < -0.4 is 14.8 Å². The summed E-state index contributed by atoms with van der Waals surface area (Å²) in [7, 11) is -2.45. The highest BCUT2D eigenvalue weighted by atomic mass is 32.2. The molecule has 11 heteroatoms. The molecule has 0 radical (unpaired) electrons. The third-order valence-electron chi connectivity index (χ3n) is 4.96. The maximum Gasteiger partial charge on any atom is 0.262 e. The van der Waals surface area contributed by atoms with Gasteiger partial charge in [0.2, 0.25) is 17.6 Å². The smallest absolute Gasteiger partial charge is 0.262 e. The second-order valence-electron chi connectivity index (χ2n) is 7.35. The fourth-order valence-electron chi connectivity index (χ4n) is 3.13. The van der Waals surface area contributed by atoms with Gasteiger partial charge in [0.05, 0.1) is 17.7 Å². The second-order valence-corrected chi connectivity index (χ2v) is 9.82. The van der Waals surface area contributed by atoms with E-state index in [4.69, 9.17) is 9.26 Å². The molecule has 2 N–H and O–H groups in total. The molecule has 0 atom stereocenters. The Hall–Kier alpha value is -3.70. The average molecular weight is 499 g/mol. The molecule has 0 saturated heterocycles. The van der Waals surface area contributed by atoms with Crippen LogP contribution in [0.25, 0.3) is 11.4 Å². The molecule has 1 amide bonds. The van der Waals surface area contributed by atoms with E-state index in [9.17, 15) is 13.2 Å². The van der Waals surface area contributed by atoms with E-state index >= 15 is 0 Å². The number of para-hydroxylation sites is 2. The van der Waals surface area contributed by atoms with Crippen molar-refractivity contribution in [2.45, 2.75) is 24.7 Å². The van der Waals surface area contributed by atoms with Crippen LogP contribution in [0.1, 0.15) is 17.9 Å². The van der Waals surface area contributed by atoms with E-state index in [0.717, 1.165) is 11.1 Å². The normalized spacial score (nSPS) is 11.2. The fraction of sp³-hybridized carbons (Fsp3) is 0.174. The van der Waals surface area contributed by atoms with Gasteiger partial charge in [0.15, 0.2) is 0 Å². The lowest BCUT2D eigenvalue weighted by molar-refractivity contribution is -0.116. The van der Waals surface area contributed by atoms with Crippen LogP contribution in [0.4, 0.5) is 11.4 Å². The van der Waals surface area contributed by atoms with Crippen molar-refractivity contribution in [1.29, 1.82) is 0 Å². The van der Waals surface area contributed by atoms with E-state index in [-0.39, 0.29) is 23.6 Å². The summed E-state index contributed by atoms with van der Waals surface area (Å²) in [6.07, 6.45) is 0.358. The number of benzene rings is 2. The number of carbonyl (C=O) groups excluding carboxylic acids is 1. The van der Waals surface area contributed by atoms with E-state index in [1.54, 1.807) is 37.3 Å². The molecule has 2 aromatic carbocycles. The topological polar surface area (TPSA) is 123 Å². The lowest BCUT2D eigenvalue weighted by Gasteiger charge is -2.14. The number of aromatic nitrogens is 2. The molecule has 0 unspecified atom stereocenters. The SMILES string of the molecule is COc1ccccc1NS(=O)(=O)c1ccc(C)c(NC(=O)CCc2nc(-c3ccsc3)no2)c1. The highest BCUT2D eigenvalue weighted by Crippen LogP contribution is 2.28. The minimum Gasteiger partial charge on any atom is -0.495 e. The number of ether oxygens (including phenoxy) is 1. The Morgan fingerprint density at radius 3 is 2.74 bits per heavy atom. The van der Waals surface area contributed by atoms with Crippen LogP contribution in [0.15, 0.2) is 68.7 Å². The van der Waals surface area contributed by atoms with Crippen molar-refractivity contribution in [2.24, 2.45) is 0 Å². The first kappa shape index (κ1) is 23.5. The lowest BCUT2D eigenvalue weighted by Crippen LogP contribution is -2.16. The van der Waals surface area contributed by atoms with Gasteiger partial charge in [-0.2, -0.15) is 16.3 Å². The Morgan fingerprint density at radius 2 is 1.97 bits per heavy atom. The first-order chi connectivity index (χ1) is 16.4. The summed E-state index contributed by atoms with van der Waals surface area (Å²) in [5.74, 6) is 0.930. The minimum atomic E-state index is -3.91. The number of thiophene rings is 1. The molecule has 176 valence electrons. The Labute approximate surface area is 200 Å². The molecule has 0 spiro atoms. The predicted molar refractivity (Wildman–Crippen MR) is 130 cm³/mol. The van der Waals surface area contributed by atoms with Crippen molar-refractivity contribution in [3.05, 3.63) is 70.7 Å². The molecule has 0 fully saturated rings. The highest BCUT2D eigenvalue weighted by Gasteiger charge is 2.19. The number of nitrogens with one attached hydrogen (secondary N) is 2. The summed E-state index contributed by atoms with van der Waals surface area (Å²) in [5, 5.41) is 10.5. The van der Waals surface area contributed by atoms with Crippen molar-refractivity contribution in [3.8, 4) is 17.1 Å². The molecule has 4 rings (SSSR count). The van der Waals surface area contributed by atoms with E-state index in [1.807, 2.05) is 16.8 Å². The zero-order valence-corrected chi connectivity index (χ0v) is 20.1. The van der Waals surface area contributed by atoms with Gasteiger partial charge in [0.25, 0.3) is 10.0 Å². The number of aryl methyl sites for hydroxylation is 2. The maximum atomic E-state index is 12.9. The average Bonchev–Trinajstić information content (AvgIpc) is 3.51. The van der Waals surface area contributed by atoms with Crippen LogP contribution in [-0.2, 0) is 21.2 Å². The minimum absolute atomic E-state index is 0.0108. The standard InChI is InChI=1S/C23H22N4O5S2/c1-15-7-8-17(34(29,30)27-18-5-3-4-6-20(18)31-2)13-19(15)24-21(28)9-10-22-25-23(26-32-22)16-11-12-33-14-16/h3-8,11-14,27H,9-10H2,1-2H3,(H,24,28). The van der Waals surface area contributed by atoms with Crippen molar-refractivity contribution in [2.75, 3.05) is 17.1 Å². The molecule has 2 aromatic heterocycles. The quantitative estimate of drug-likeness (QED) is 0.348. The zero-order valence-electron chi connectivity index (χ0n) is 18.4. The molecule has 34 heavy (non-hydrogen) atoms. The lowest BCUT2D eigenvalue weighted by atomic mass is 10.2. The monoisotopic (exact) mass is 498 g/mol. The zero-order chi connectivity index (χ0) is 24.1. The molecule has 4 aromatic rings. The first-order valence-electron chi connectivity index (χ1n) is 10.3. The number of hydrogen-bond acceptors (Lipinski definition) is 8. The molecule has 0 aliphatic heterocycles. The van der Waals surface area contributed by atoms with Gasteiger partial charge in [-0.05, 0) is 48.2 Å². The number of anilines is 2. The highest BCUT2D eigenvalue weighted by molar-refractivity contribution is 7.92. The molecule has 0 aliphatic carbocycles. The molecule has 0 saturated carbocycles. The number of sulfonamides is 1. The van der Waals surface area contributed by atoms with Crippen molar-refractivity contribution in [1.82, 2.24) is 10.1 Å². The van der Waals surface area contributed by atoms with E-state index in [0.29, 0.717) is 28.8 Å². The van der Waals surface area contributed by atoms with Crippen molar-refractivity contribution >= 4 is 38.6 Å². The summed E-state index contributed by atoms with van der Waals surface area (Å²) in [6.45, 7) is 1.78. The first-order valence-corrected chi connectivity index (χ1v) is 12.7. The molecule has 2 heterocycles. The van der Waals surface area contributed by atoms with Gasteiger partial charge < -0.3 is 14.6 Å². The van der Waals surface area contributed by atoms with E-state index in [1.165, 1.54) is 30.6 Å². The van der Waals surface area contributed by atoms with Gasteiger partial charge in [-0.25, -0.2) is 8.42 Å². The van der Waals surface area contributed by atoms with Crippen LogP contribution in [-0.4, -0.2) is 31.6 Å². The molecular weight excluding hydrogens is 476 g/mol. The van der Waals surface area contributed by atoms with Crippen molar-refractivity contribution in [3.63, 3.8) is 0 Å².